The molecule has 0 aromatic carbocycles. The van der Waals surface area contributed by atoms with Gasteiger partial charge in [0.1, 0.15) is 5.82 Å². The normalized spacial score (nSPS) is 23.2. The second-order valence-corrected chi connectivity index (χ2v) is 7.60. The third kappa shape index (κ3) is 7.32. The number of hydrogen-bond acceptors (Lipinski definition) is 4. The van der Waals surface area contributed by atoms with Crippen molar-refractivity contribution in [3.8, 4) is 0 Å². The second kappa shape index (κ2) is 10.9. The summed E-state index contributed by atoms with van der Waals surface area (Å²) >= 11 is 6.23. The van der Waals surface area contributed by atoms with Gasteiger partial charge >= 0.3 is 6.18 Å². The van der Waals surface area contributed by atoms with Crippen molar-refractivity contribution in [1.82, 2.24) is 20.5 Å². The molecule has 2 aliphatic heterocycles. The maximum absolute atomic E-state index is 12.6. The number of nitrogens with zero attached hydrogens (tertiary/aromatic N) is 4. The predicted molar refractivity (Wildman–Crippen MR) is 120 cm³/mol. The average molecular weight is 547 g/mol. The standard InChI is InChI=1S/C18H26ClF3N6.HI/c1-2-23-17(25-13-5-8-27(10-13)12-18(20,21)22)26-14-6-9-28(11-14)16-15(19)4-3-7-24-16;/h3-4,7,13-14H,2,5-6,8-12H2,1H3,(H2,23,25,26);1H. The largest absolute Gasteiger partial charge is 0.401 e. The van der Waals surface area contributed by atoms with Gasteiger partial charge in [-0.15, -0.1) is 24.0 Å². The van der Waals surface area contributed by atoms with Gasteiger partial charge in [-0.25, -0.2) is 4.98 Å². The minimum absolute atomic E-state index is 0. The van der Waals surface area contributed by atoms with Gasteiger partial charge in [0, 0.05) is 51.0 Å². The molecule has 3 heterocycles. The zero-order valence-corrected chi connectivity index (χ0v) is 19.3. The van der Waals surface area contributed by atoms with Crippen molar-refractivity contribution in [3.05, 3.63) is 23.4 Å². The molecular weight excluding hydrogens is 520 g/mol. The van der Waals surface area contributed by atoms with E-state index >= 15 is 0 Å². The van der Waals surface area contributed by atoms with Gasteiger partial charge in [-0.2, -0.15) is 13.2 Å². The van der Waals surface area contributed by atoms with Crippen molar-refractivity contribution in [2.24, 2.45) is 4.99 Å². The lowest BCUT2D eigenvalue weighted by Crippen LogP contribution is -2.49. The molecule has 0 bridgehead atoms. The SMILES string of the molecule is CCN=C(NC1CCN(CC(F)(F)F)C1)NC1CCN(c2ncccc2Cl)C1.I. The highest BCUT2D eigenvalue weighted by molar-refractivity contribution is 14.0. The molecule has 6 nitrogen and oxygen atoms in total. The molecule has 164 valence electrons. The van der Waals surface area contributed by atoms with Crippen LogP contribution >= 0.6 is 35.6 Å². The number of anilines is 1. The first-order valence-electron chi connectivity index (χ1n) is 9.56. The highest BCUT2D eigenvalue weighted by Gasteiger charge is 2.35. The average Bonchev–Trinajstić information content (AvgIpc) is 3.24. The number of alkyl halides is 3. The predicted octanol–water partition coefficient (Wildman–Crippen LogP) is 3.12. The van der Waals surface area contributed by atoms with Gasteiger partial charge in [-0.05, 0) is 31.9 Å². The third-order valence-corrected chi connectivity index (χ3v) is 5.20. The summed E-state index contributed by atoms with van der Waals surface area (Å²) < 4.78 is 37.7. The number of nitrogens with one attached hydrogen (secondary N) is 2. The Kier molecular flexibility index (Phi) is 9.08. The fraction of sp³-hybridized carbons (Fsp3) is 0.667. The van der Waals surface area contributed by atoms with Gasteiger partial charge in [0.05, 0.1) is 11.6 Å². The summed E-state index contributed by atoms with van der Waals surface area (Å²) in [4.78, 5) is 12.4. The van der Waals surface area contributed by atoms with E-state index in [0.29, 0.717) is 37.0 Å². The lowest BCUT2D eigenvalue weighted by atomic mass is 10.2. The van der Waals surface area contributed by atoms with Gasteiger partial charge in [0.2, 0.25) is 0 Å². The lowest BCUT2D eigenvalue weighted by molar-refractivity contribution is -0.143. The van der Waals surface area contributed by atoms with Gasteiger partial charge in [-0.1, -0.05) is 11.6 Å². The topological polar surface area (TPSA) is 55.8 Å². The van der Waals surface area contributed by atoms with Gasteiger partial charge in [-0.3, -0.25) is 9.89 Å². The molecule has 0 amide bonds. The maximum Gasteiger partial charge on any atom is 0.401 e. The number of likely N-dealkylation sites (tertiary alicyclic amines) is 1. The Bertz CT molecular complexity index is 690. The zero-order chi connectivity index (χ0) is 20.1. The van der Waals surface area contributed by atoms with Crippen molar-refractivity contribution < 1.29 is 13.2 Å². The number of guanidine groups is 1. The molecule has 2 aliphatic rings. The monoisotopic (exact) mass is 546 g/mol. The first-order chi connectivity index (χ1) is 13.3. The first-order valence-corrected chi connectivity index (χ1v) is 9.94. The van der Waals surface area contributed by atoms with Crippen molar-refractivity contribution in [2.45, 2.75) is 38.0 Å². The van der Waals surface area contributed by atoms with Crippen LogP contribution in [0.4, 0.5) is 19.0 Å². The summed E-state index contributed by atoms with van der Waals surface area (Å²) in [6.07, 6.45) is -0.864. The zero-order valence-electron chi connectivity index (χ0n) is 16.3. The van der Waals surface area contributed by atoms with Gasteiger partial charge in [0.15, 0.2) is 5.96 Å². The van der Waals surface area contributed by atoms with Crippen molar-refractivity contribution in [3.63, 3.8) is 0 Å². The Labute approximate surface area is 191 Å². The summed E-state index contributed by atoms with van der Waals surface area (Å²) in [5.41, 5.74) is 0. The minimum Gasteiger partial charge on any atom is -0.353 e. The fourth-order valence-corrected chi connectivity index (χ4v) is 3.95. The number of aliphatic imine (C=N–C) groups is 1. The second-order valence-electron chi connectivity index (χ2n) is 7.19. The maximum atomic E-state index is 12.6. The quantitative estimate of drug-likeness (QED) is 0.338. The smallest absolute Gasteiger partial charge is 0.353 e. The van der Waals surface area contributed by atoms with E-state index in [-0.39, 0.29) is 36.1 Å². The molecule has 1 aromatic rings. The van der Waals surface area contributed by atoms with E-state index in [2.05, 4.69) is 25.5 Å². The number of aromatic nitrogens is 1. The van der Waals surface area contributed by atoms with Gasteiger partial charge in [0.25, 0.3) is 0 Å². The van der Waals surface area contributed by atoms with Crippen LogP contribution in [-0.4, -0.2) is 73.4 Å². The summed E-state index contributed by atoms with van der Waals surface area (Å²) in [6.45, 7) is 4.04. The van der Waals surface area contributed by atoms with Crippen molar-refractivity contribution in [2.75, 3.05) is 44.2 Å². The van der Waals surface area contributed by atoms with E-state index in [1.54, 1.807) is 12.3 Å². The molecule has 0 spiro atoms. The summed E-state index contributed by atoms with van der Waals surface area (Å²) in [7, 11) is 0. The molecule has 2 N–H and O–H groups in total. The van der Waals surface area contributed by atoms with Crippen LogP contribution in [0.1, 0.15) is 19.8 Å². The van der Waals surface area contributed by atoms with E-state index in [9.17, 15) is 13.2 Å². The molecule has 29 heavy (non-hydrogen) atoms. The first kappa shape index (κ1) is 24.3. The number of rotatable bonds is 5. The van der Waals surface area contributed by atoms with Crippen LogP contribution in [0.25, 0.3) is 0 Å². The van der Waals surface area contributed by atoms with Crippen LogP contribution in [0.15, 0.2) is 23.3 Å². The summed E-state index contributed by atoms with van der Waals surface area (Å²) in [6, 6.07) is 3.76. The minimum atomic E-state index is -4.16. The molecule has 3 rings (SSSR count). The summed E-state index contributed by atoms with van der Waals surface area (Å²) in [5, 5.41) is 7.33. The van der Waals surface area contributed by atoms with E-state index in [1.165, 1.54) is 4.90 Å². The molecule has 2 unspecified atom stereocenters. The van der Waals surface area contributed by atoms with E-state index in [0.717, 1.165) is 25.3 Å². The Balaban J connectivity index is 0.00000300. The highest BCUT2D eigenvalue weighted by Crippen LogP contribution is 2.26. The van der Waals surface area contributed by atoms with Crippen molar-refractivity contribution in [1.29, 1.82) is 0 Å². The van der Waals surface area contributed by atoms with E-state index in [1.807, 2.05) is 13.0 Å². The van der Waals surface area contributed by atoms with Gasteiger partial charge < -0.3 is 15.5 Å². The van der Waals surface area contributed by atoms with Crippen LogP contribution in [0.5, 0.6) is 0 Å². The van der Waals surface area contributed by atoms with Crippen LogP contribution in [-0.2, 0) is 0 Å². The van der Waals surface area contributed by atoms with Crippen LogP contribution < -0.4 is 15.5 Å². The van der Waals surface area contributed by atoms with E-state index < -0.39 is 12.7 Å². The van der Waals surface area contributed by atoms with Crippen LogP contribution in [0.3, 0.4) is 0 Å². The molecular formula is C18H27ClF3IN6. The van der Waals surface area contributed by atoms with Crippen LogP contribution in [0, 0.1) is 0 Å². The lowest BCUT2D eigenvalue weighted by Gasteiger charge is -2.23. The number of pyridine rings is 1. The van der Waals surface area contributed by atoms with Crippen molar-refractivity contribution >= 4 is 47.4 Å². The molecule has 0 radical (unpaired) electrons. The molecule has 2 saturated heterocycles. The molecule has 11 heteroatoms. The molecule has 2 fully saturated rings. The molecule has 1 aromatic heterocycles. The Hall–Kier alpha value is -1.01. The molecule has 2 atom stereocenters. The van der Waals surface area contributed by atoms with E-state index in [4.69, 9.17) is 11.6 Å². The molecule has 0 saturated carbocycles. The molecule has 0 aliphatic carbocycles. The highest BCUT2D eigenvalue weighted by atomic mass is 127. The van der Waals surface area contributed by atoms with Crippen LogP contribution in [0.2, 0.25) is 5.02 Å². The Morgan fingerprint density at radius 3 is 2.59 bits per heavy atom. The number of halogens is 5. The summed E-state index contributed by atoms with van der Waals surface area (Å²) in [5.74, 6) is 1.43. The number of hydrogen-bond donors (Lipinski definition) is 2. The third-order valence-electron chi connectivity index (χ3n) is 4.90. The Morgan fingerprint density at radius 1 is 1.24 bits per heavy atom. The Morgan fingerprint density at radius 2 is 1.93 bits per heavy atom. The fourth-order valence-electron chi connectivity index (χ4n) is 3.71.